The largest absolute Gasteiger partial charge is 0.496 e. The number of anilines is 1. The second kappa shape index (κ2) is 11.6. The fourth-order valence-electron chi connectivity index (χ4n) is 2.97. The van der Waals surface area contributed by atoms with E-state index in [2.05, 4.69) is 15.5 Å². The number of carbonyl (C=O) groups excluding carboxylic acids is 1. The molecule has 3 aromatic rings. The van der Waals surface area contributed by atoms with Crippen molar-refractivity contribution in [3.8, 4) is 23.3 Å². The van der Waals surface area contributed by atoms with Gasteiger partial charge in [-0.25, -0.2) is 0 Å². The molecule has 0 spiro atoms. The lowest BCUT2D eigenvalue weighted by molar-refractivity contribution is -0.385. The van der Waals surface area contributed by atoms with Crippen LogP contribution < -0.4 is 19.5 Å². The van der Waals surface area contributed by atoms with Crippen LogP contribution in [-0.4, -0.2) is 35.2 Å². The molecule has 0 saturated heterocycles. The molecule has 1 amide bonds. The van der Waals surface area contributed by atoms with Crippen molar-refractivity contribution in [2.24, 2.45) is 0 Å². The van der Waals surface area contributed by atoms with E-state index in [0.717, 1.165) is 5.01 Å². The van der Waals surface area contributed by atoms with Gasteiger partial charge < -0.3 is 14.2 Å². The number of rotatable bonds is 10. The summed E-state index contributed by atoms with van der Waals surface area (Å²) >= 11 is 1.24. The molecule has 0 atom stereocenters. The minimum absolute atomic E-state index is 0.0101. The smallest absolute Gasteiger partial charge is 0.270 e. The summed E-state index contributed by atoms with van der Waals surface area (Å²) in [4.78, 5) is 23.1. The first-order chi connectivity index (χ1) is 16.9. The van der Waals surface area contributed by atoms with Crippen molar-refractivity contribution >= 4 is 34.1 Å². The monoisotopic (exact) mass is 495 g/mol. The number of nitrogens with one attached hydrogen (secondary N) is 1. The number of benzene rings is 2. The predicted molar refractivity (Wildman–Crippen MR) is 128 cm³/mol. The van der Waals surface area contributed by atoms with Crippen LogP contribution >= 0.6 is 11.3 Å². The van der Waals surface area contributed by atoms with Crippen LogP contribution in [0.4, 0.5) is 10.8 Å². The van der Waals surface area contributed by atoms with E-state index in [4.69, 9.17) is 14.2 Å². The van der Waals surface area contributed by atoms with E-state index in [1.165, 1.54) is 49.8 Å². The standard InChI is InChI=1S/C23H21N5O6S/c1-4-21-26-27-23(35-21)25-22(29)15(12-24)9-14-5-7-19(20(10-14)33-3)34-13-16-11-17(28(30)31)6-8-18(16)32-2/h5-11H,4,13H2,1-3H3,(H,25,27,29)/b15-9+. The summed E-state index contributed by atoms with van der Waals surface area (Å²) in [5, 5.41) is 32.0. The maximum Gasteiger partial charge on any atom is 0.270 e. The zero-order chi connectivity index (χ0) is 25.4. The number of amides is 1. The Labute approximate surface area is 204 Å². The van der Waals surface area contributed by atoms with Crippen molar-refractivity contribution in [2.45, 2.75) is 20.0 Å². The third-order valence-corrected chi connectivity index (χ3v) is 5.69. The van der Waals surface area contributed by atoms with E-state index in [0.29, 0.717) is 39.9 Å². The van der Waals surface area contributed by atoms with Crippen LogP contribution in [0.3, 0.4) is 0 Å². The molecule has 1 N–H and O–H groups in total. The Morgan fingerprint density at radius 1 is 1.17 bits per heavy atom. The second-order valence-electron chi connectivity index (χ2n) is 6.93. The van der Waals surface area contributed by atoms with Crippen LogP contribution in [0.2, 0.25) is 0 Å². The number of carbonyl (C=O) groups is 1. The molecule has 0 saturated carbocycles. The molecule has 12 heteroatoms. The molecule has 0 fully saturated rings. The third-order valence-electron chi connectivity index (χ3n) is 4.71. The van der Waals surface area contributed by atoms with Crippen LogP contribution in [0.5, 0.6) is 17.2 Å². The van der Waals surface area contributed by atoms with Crippen molar-refractivity contribution in [3.05, 3.63) is 68.2 Å². The van der Waals surface area contributed by atoms with Crippen molar-refractivity contribution in [1.29, 1.82) is 5.26 Å². The molecule has 0 radical (unpaired) electrons. The maximum absolute atomic E-state index is 12.5. The van der Waals surface area contributed by atoms with Gasteiger partial charge in [-0.05, 0) is 36.3 Å². The van der Waals surface area contributed by atoms with E-state index in [1.54, 1.807) is 18.2 Å². The fourth-order valence-corrected chi connectivity index (χ4v) is 3.64. The van der Waals surface area contributed by atoms with Gasteiger partial charge in [-0.2, -0.15) is 5.26 Å². The highest BCUT2D eigenvalue weighted by Crippen LogP contribution is 2.32. The third kappa shape index (κ3) is 6.30. The first-order valence-electron chi connectivity index (χ1n) is 10.3. The Morgan fingerprint density at radius 3 is 2.54 bits per heavy atom. The molecule has 1 heterocycles. The van der Waals surface area contributed by atoms with Crippen LogP contribution in [-0.2, 0) is 17.8 Å². The fraction of sp³-hybridized carbons (Fsp3) is 0.217. The number of non-ortho nitro benzene ring substituents is 1. The van der Waals surface area contributed by atoms with Gasteiger partial charge >= 0.3 is 0 Å². The van der Waals surface area contributed by atoms with Crippen LogP contribution in [0.15, 0.2) is 42.0 Å². The zero-order valence-electron chi connectivity index (χ0n) is 19.1. The summed E-state index contributed by atoms with van der Waals surface area (Å²) in [6.45, 7) is 1.91. The SMILES string of the molecule is CCc1nnc(NC(=O)/C(C#N)=C/c2ccc(OCc3cc([N+](=O)[O-])ccc3OC)c(OC)c2)s1. The molecule has 1 aromatic heterocycles. The number of nitriles is 1. The predicted octanol–water partition coefficient (Wildman–Crippen LogP) is 4.15. The first-order valence-corrected chi connectivity index (χ1v) is 11.1. The minimum Gasteiger partial charge on any atom is -0.496 e. The van der Waals surface area contributed by atoms with E-state index in [1.807, 2.05) is 13.0 Å². The molecule has 3 rings (SSSR count). The van der Waals surface area contributed by atoms with Gasteiger partial charge in [-0.1, -0.05) is 24.3 Å². The highest BCUT2D eigenvalue weighted by Gasteiger charge is 2.15. The normalized spacial score (nSPS) is 10.9. The van der Waals surface area contributed by atoms with Crippen LogP contribution in [0, 0.1) is 21.4 Å². The number of methoxy groups -OCH3 is 2. The maximum atomic E-state index is 12.5. The topological polar surface area (TPSA) is 150 Å². The number of hydrogen-bond acceptors (Lipinski definition) is 10. The highest BCUT2D eigenvalue weighted by atomic mass is 32.1. The minimum atomic E-state index is -0.608. The van der Waals surface area contributed by atoms with Crippen molar-refractivity contribution < 1.29 is 23.9 Å². The molecule has 2 aromatic carbocycles. The summed E-state index contributed by atoms with van der Waals surface area (Å²) < 4.78 is 16.5. The quantitative estimate of drug-likeness (QED) is 0.189. The van der Waals surface area contributed by atoms with E-state index >= 15 is 0 Å². The molecule has 11 nitrogen and oxygen atoms in total. The molecular formula is C23H21N5O6S. The Kier molecular flexibility index (Phi) is 8.31. The zero-order valence-corrected chi connectivity index (χ0v) is 19.9. The molecular weight excluding hydrogens is 474 g/mol. The average Bonchev–Trinajstić information content (AvgIpc) is 3.33. The van der Waals surface area contributed by atoms with Gasteiger partial charge in [-0.15, -0.1) is 10.2 Å². The summed E-state index contributed by atoms with van der Waals surface area (Å²) in [6, 6.07) is 11.0. The molecule has 0 aliphatic carbocycles. The van der Waals surface area contributed by atoms with Crippen molar-refractivity contribution in [3.63, 3.8) is 0 Å². The van der Waals surface area contributed by atoms with Gasteiger partial charge in [-0.3, -0.25) is 20.2 Å². The lowest BCUT2D eigenvalue weighted by Crippen LogP contribution is -2.13. The van der Waals surface area contributed by atoms with E-state index < -0.39 is 10.8 Å². The number of aryl methyl sites for hydroxylation is 1. The lowest BCUT2D eigenvalue weighted by atomic mass is 10.1. The van der Waals surface area contributed by atoms with Crippen LogP contribution in [0.25, 0.3) is 6.08 Å². The van der Waals surface area contributed by atoms with Gasteiger partial charge in [0.1, 0.15) is 29.0 Å². The van der Waals surface area contributed by atoms with E-state index in [-0.39, 0.29) is 17.9 Å². The van der Waals surface area contributed by atoms with Gasteiger partial charge in [0.2, 0.25) is 5.13 Å². The lowest BCUT2D eigenvalue weighted by Gasteiger charge is -2.13. The first kappa shape index (κ1) is 25.1. The molecule has 0 aliphatic rings. The number of nitrogens with zero attached hydrogens (tertiary/aromatic N) is 4. The second-order valence-corrected chi connectivity index (χ2v) is 7.99. The van der Waals surface area contributed by atoms with Crippen molar-refractivity contribution in [1.82, 2.24) is 10.2 Å². The number of ether oxygens (including phenoxy) is 3. The molecule has 0 aliphatic heterocycles. The summed E-state index contributed by atoms with van der Waals surface area (Å²) in [6.07, 6.45) is 2.10. The summed E-state index contributed by atoms with van der Waals surface area (Å²) in [5.41, 5.74) is 0.799. The van der Waals surface area contributed by atoms with Crippen molar-refractivity contribution in [2.75, 3.05) is 19.5 Å². The van der Waals surface area contributed by atoms with Gasteiger partial charge in [0, 0.05) is 17.7 Å². The highest BCUT2D eigenvalue weighted by molar-refractivity contribution is 7.15. The number of nitro benzene ring substituents is 1. The molecule has 0 bridgehead atoms. The molecule has 180 valence electrons. The average molecular weight is 496 g/mol. The van der Waals surface area contributed by atoms with Gasteiger partial charge in [0.15, 0.2) is 11.5 Å². The Morgan fingerprint density at radius 2 is 1.91 bits per heavy atom. The Hall–Kier alpha value is -4.50. The van der Waals surface area contributed by atoms with Gasteiger partial charge in [0.05, 0.1) is 19.1 Å². The Bertz CT molecular complexity index is 1310. The summed E-state index contributed by atoms with van der Waals surface area (Å²) in [7, 11) is 2.91. The van der Waals surface area contributed by atoms with E-state index in [9.17, 15) is 20.2 Å². The van der Waals surface area contributed by atoms with Gasteiger partial charge in [0.25, 0.3) is 11.6 Å². The Balaban J connectivity index is 1.78. The molecule has 0 unspecified atom stereocenters. The number of aromatic nitrogens is 2. The number of hydrogen-bond donors (Lipinski definition) is 1. The van der Waals surface area contributed by atoms with Crippen LogP contribution in [0.1, 0.15) is 23.1 Å². The summed E-state index contributed by atoms with van der Waals surface area (Å²) in [5.74, 6) is 0.545. The molecule has 35 heavy (non-hydrogen) atoms. The number of nitro groups is 1.